The van der Waals surface area contributed by atoms with E-state index in [1.165, 1.54) is 0 Å². The van der Waals surface area contributed by atoms with E-state index in [1.807, 2.05) is 55.5 Å². The predicted molar refractivity (Wildman–Crippen MR) is 134 cm³/mol. The van der Waals surface area contributed by atoms with Gasteiger partial charge in [-0.25, -0.2) is 4.79 Å². The Kier molecular flexibility index (Phi) is 6.33. The summed E-state index contributed by atoms with van der Waals surface area (Å²) < 4.78 is 11.3. The van der Waals surface area contributed by atoms with Crippen LogP contribution >= 0.6 is 0 Å². The van der Waals surface area contributed by atoms with Gasteiger partial charge in [-0.1, -0.05) is 24.3 Å². The molecule has 2 aliphatic rings. The first kappa shape index (κ1) is 23.4. The number of imide groups is 1. The highest BCUT2D eigenvalue weighted by Crippen LogP contribution is 2.39. The number of rotatable bonds is 7. The lowest BCUT2D eigenvalue weighted by Gasteiger charge is -2.33. The zero-order valence-electron chi connectivity index (χ0n) is 20.0. The first-order valence-corrected chi connectivity index (χ1v) is 12.0. The second-order valence-corrected chi connectivity index (χ2v) is 8.82. The maximum absolute atomic E-state index is 13.4. The van der Waals surface area contributed by atoms with E-state index in [0.717, 1.165) is 34.6 Å². The lowest BCUT2D eigenvalue weighted by Crippen LogP contribution is -2.47. The second-order valence-electron chi connectivity index (χ2n) is 8.82. The van der Waals surface area contributed by atoms with E-state index >= 15 is 0 Å². The summed E-state index contributed by atoms with van der Waals surface area (Å²) in [5.74, 6) is 1.19. The molecule has 1 aliphatic carbocycles. The summed E-state index contributed by atoms with van der Waals surface area (Å²) in [5.41, 5.74) is 1.31. The summed E-state index contributed by atoms with van der Waals surface area (Å²) >= 11 is 0. The third-order valence-electron chi connectivity index (χ3n) is 6.46. The average molecular weight is 486 g/mol. The number of hydrogen-bond acceptors (Lipinski definition) is 5. The molecule has 1 aliphatic heterocycles. The smallest absolute Gasteiger partial charge is 0.325 e. The van der Waals surface area contributed by atoms with Gasteiger partial charge < -0.3 is 20.1 Å². The zero-order valence-corrected chi connectivity index (χ0v) is 20.0. The third-order valence-corrected chi connectivity index (χ3v) is 6.46. The van der Waals surface area contributed by atoms with Crippen molar-refractivity contribution in [1.82, 2.24) is 10.2 Å². The van der Waals surface area contributed by atoms with E-state index in [2.05, 4.69) is 10.6 Å². The predicted octanol–water partition coefficient (Wildman–Crippen LogP) is 4.60. The third kappa shape index (κ3) is 4.49. The normalized spacial score (nSPS) is 18.5. The molecule has 3 aromatic rings. The number of benzene rings is 3. The van der Waals surface area contributed by atoms with Crippen LogP contribution in [0.3, 0.4) is 0 Å². The summed E-state index contributed by atoms with van der Waals surface area (Å²) in [6.45, 7) is 2.16. The molecule has 1 fully saturated rings. The largest absolute Gasteiger partial charge is 0.494 e. The molecule has 1 saturated heterocycles. The Labute approximate surface area is 209 Å². The van der Waals surface area contributed by atoms with Crippen molar-refractivity contribution in [2.24, 2.45) is 0 Å². The van der Waals surface area contributed by atoms with Gasteiger partial charge in [0.25, 0.3) is 5.91 Å². The van der Waals surface area contributed by atoms with Gasteiger partial charge in [0.15, 0.2) is 0 Å². The molecule has 8 heteroatoms. The van der Waals surface area contributed by atoms with Gasteiger partial charge in [0.05, 0.1) is 6.61 Å². The van der Waals surface area contributed by atoms with E-state index in [0.29, 0.717) is 30.2 Å². The minimum atomic E-state index is -1.09. The van der Waals surface area contributed by atoms with Gasteiger partial charge in [-0.05, 0) is 85.8 Å². The van der Waals surface area contributed by atoms with Gasteiger partial charge in [-0.15, -0.1) is 0 Å². The molecule has 0 radical (unpaired) electrons. The Hall–Kier alpha value is -4.33. The SMILES string of the molecule is CCOc1ccc(Oc2ccc(NC(=O)CN3C(=O)NC4(CCCc5ccccc54)C3=O)cc2)cc1. The highest BCUT2D eigenvalue weighted by molar-refractivity contribution is 6.10. The zero-order chi connectivity index (χ0) is 25.1. The van der Waals surface area contributed by atoms with Gasteiger partial charge in [0.1, 0.15) is 29.3 Å². The number of urea groups is 1. The molecule has 36 heavy (non-hydrogen) atoms. The Morgan fingerprint density at radius 3 is 2.36 bits per heavy atom. The van der Waals surface area contributed by atoms with Crippen LogP contribution < -0.4 is 20.1 Å². The van der Waals surface area contributed by atoms with Crippen LogP contribution in [0.1, 0.15) is 30.9 Å². The van der Waals surface area contributed by atoms with Crippen molar-refractivity contribution in [3.8, 4) is 17.2 Å². The molecule has 4 amide bonds. The minimum Gasteiger partial charge on any atom is -0.494 e. The van der Waals surface area contributed by atoms with Gasteiger partial charge in [-0.3, -0.25) is 14.5 Å². The molecule has 1 heterocycles. The van der Waals surface area contributed by atoms with Crippen LogP contribution in [0.25, 0.3) is 0 Å². The topological polar surface area (TPSA) is 97.0 Å². The lowest BCUT2D eigenvalue weighted by molar-refractivity contribution is -0.134. The fraction of sp³-hybridized carbons (Fsp3) is 0.250. The minimum absolute atomic E-state index is 0.362. The van der Waals surface area contributed by atoms with E-state index in [1.54, 1.807) is 24.3 Å². The maximum atomic E-state index is 13.4. The molecule has 5 rings (SSSR count). The molecule has 1 spiro atoms. The number of ether oxygens (including phenoxy) is 2. The van der Waals surface area contributed by atoms with Gasteiger partial charge >= 0.3 is 6.03 Å². The van der Waals surface area contributed by atoms with Crippen molar-refractivity contribution >= 4 is 23.5 Å². The summed E-state index contributed by atoms with van der Waals surface area (Å²) in [7, 11) is 0. The summed E-state index contributed by atoms with van der Waals surface area (Å²) in [6.07, 6.45) is 2.16. The monoisotopic (exact) mass is 485 g/mol. The van der Waals surface area contributed by atoms with E-state index in [9.17, 15) is 14.4 Å². The van der Waals surface area contributed by atoms with Crippen LogP contribution in [0.2, 0.25) is 0 Å². The first-order chi connectivity index (χ1) is 17.5. The fourth-order valence-corrected chi connectivity index (χ4v) is 4.81. The fourth-order valence-electron chi connectivity index (χ4n) is 4.81. The molecular formula is C28H27N3O5. The summed E-state index contributed by atoms with van der Waals surface area (Å²) in [4.78, 5) is 39.8. The number of aryl methyl sites for hydroxylation is 1. The quantitative estimate of drug-likeness (QED) is 0.477. The van der Waals surface area contributed by atoms with E-state index in [-0.39, 0.29) is 12.5 Å². The number of amides is 4. The molecule has 0 saturated carbocycles. The number of nitrogens with one attached hydrogen (secondary N) is 2. The van der Waals surface area contributed by atoms with Crippen molar-refractivity contribution in [3.05, 3.63) is 83.9 Å². The Bertz CT molecular complexity index is 1290. The van der Waals surface area contributed by atoms with Gasteiger partial charge in [0.2, 0.25) is 5.91 Å². The molecule has 0 aromatic heterocycles. The van der Waals surface area contributed by atoms with E-state index in [4.69, 9.17) is 9.47 Å². The summed E-state index contributed by atoms with van der Waals surface area (Å²) in [6, 6.07) is 21.3. The van der Waals surface area contributed by atoms with Crippen molar-refractivity contribution in [2.45, 2.75) is 31.7 Å². The molecule has 3 aromatic carbocycles. The van der Waals surface area contributed by atoms with Crippen LogP contribution in [-0.2, 0) is 21.5 Å². The molecular weight excluding hydrogens is 458 g/mol. The number of anilines is 1. The van der Waals surface area contributed by atoms with Gasteiger partial charge in [0, 0.05) is 5.69 Å². The number of nitrogens with zero attached hydrogens (tertiary/aromatic N) is 1. The van der Waals surface area contributed by atoms with Gasteiger partial charge in [-0.2, -0.15) is 0 Å². The molecule has 184 valence electrons. The van der Waals surface area contributed by atoms with Crippen molar-refractivity contribution in [1.29, 1.82) is 0 Å². The van der Waals surface area contributed by atoms with Crippen LogP contribution in [0.5, 0.6) is 17.2 Å². The van der Waals surface area contributed by atoms with Crippen LogP contribution in [0, 0.1) is 0 Å². The standard InChI is InChI=1S/C28H27N3O5/c1-2-35-21-13-15-23(16-14-21)36-22-11-9-20(10-12-22)29-25(32)18-31-26(33)28(30-27(31)34)17-5-7-19-6-3-4-8-24(19)28/h3-4,6,8-16H,2,5,7,17-18H2,1H3,(H,29,32)(H,30,34). The maximum Gasteiger partial charge on any atom is 0.325 e. The average Bonchev–Trinajstić information content (AvgIpc) is 3.11. The molecule has 0 bridgehead atoms. The molecule has 8 nitrogen and oxygen atoms in total. The highest BCUT2D eigenvalue weighted by Gasteiger charge is 2.54. The Morgan fingerprint density at radius 1 is 0.972 bits per heavy atom. The van der Waals surface area contributed by atoms with E-state index < -0.39 is 17.5 Å². The van der Waals surface area contributed by atoms with Crippen molar-refractivity contribution in [3.63, 3.8) is 0 Å². The van der Waals surface area contributed by atoms with Crippen molar-refractivity contribution < 1.29 is 23.9 Å². The highest BCUT2D eigenvalue weighted by atomic mass is 16.5. The number of carbonyl (C=O) groups excluding carboxylic acids is 3. The lowest BCUT2D eigenvalue weighted by atomic mass is 9.76. The summed E-state index contributed by atoms with van der Waals surface area (Å²) in [5, 5.41) is 5.62. The van der Waals surface area contributed by atoms with Crippen LogP contribution in [0.4, 0.5) is 10.5 Å². The number of fused-ring (bicyclic) bond motifs is 2. The Morgan fingerprint density at radius 2 is 1.64 bits per heavy atom. The van der Waals surface area contributed by atoms with Crippen LogP contribution in [0.15, 0.2) is 72.8 Å². The molecule has 1 unspecified atom stereocenters. The molecule has 2 N–H and O–H groups in total. The number of carbonyl (C=O) groups is 3. The number of hydrogen-bond donors (Lipinski definition) is 2. The first-order valence-electron chi connectivity index (χ1n) is 12.0. The van der Waals surface area contributed by atoms with Crippen LogP contribution in [-0.4, -0.2) is 35.9 Å². The Balaban J connectivity index is 1.21. The molecule has 1 atom stereocenters. The second kappa shape index (κ2) is 9.73. The van der Waals surface area contributed by atoms with Crippen molar-refractivity contribution in [2.75, 3.05) is 18.5 Å².